The number of carboxylic acid groups (broad SMARTS) is 1. The Morgan fingerprint density at radius 3 is 2.20 bits per heavy atom. The number of ether oxygens (including phenoxy) is 4. The largest absolute Gasteiger partial charge is 0.496 e. The summed E-state index contributed by atoms with van der Waals surface area (Å²) in [4.78, 5) is 31.8. The number of aliphatic carboxylic acids is 1. The van der Waals surface area contributed by atoms with E-state index in [1.54, 1.807) is 46.8 Å². The minimum Gasteiger partial charge on any atom is -0.496 e. The molecule has 3 rings (SSSR count). The molecule has 1 aromatic heterocycles. The van der Waals surface area contributed by atoms with Gasteiger partial charge in [0, 0.05) is 23.2 Å². The molecular weight excluding hydrogens is 593 g/mol. The summed E-state index contributed by atoms with van der Waals surface area (Å²) < 4.78 is 63.6. The van der Waals surface area contributed by atoms with Crippen LogP contribution in [0.15, 0.2) is 36.5 Å². The van der Waals surface area contributed by atoms with Crippen LogP contribution in [0.4, 0.5) is 18.0 Å². The maximum Gasteiger partial charge on any atom is 0.425 e. The molecule has 5 atom stereocenters. The smallest absolute Gasteiger partial charge is 0.425 e. The third-order valence-electron chi connectivity index (χ3n) is 7.85. The number of benzene rings is 1. The van der Waals surface area contributed by atoms with Gasteiger partial charge in [-0.2, -0.15) is 13.2 Å². The van der Waals surface area contributed by atoms with Crippen molar-refractivity contribution in [2.75, 3.05) is 7.11 Å². The first-order valence-corrected chi connectivity index (χ1v) is 14.9. The number of nitrogens with zero attached hydrogens (tertiary/aromatic N) is 2. The molecule has 1 aliphatic rings. The summed E-state index contributed by atoms with van der Waals surface area (Å²) in [5.41, 5.74) is 0.955. The molecule has 1 aliphatic heterocycles. The molecule has 2 heterocycles. The van der Waals surface area contributed by atoms with Crippen molar-refractivity contribution in [1.29, 1.82) is 0 Å². The number of likely N-dealkylation sites (tertiary alicyclic amines) is 1. The number of carbonyl (C=O) groups excluding carboxylic acids is 1. The second kappa shape index (κ2) is 13.4. The second-order valence-electron chi connectivity index (χ2n) is 13.7. The molecule has 9 nitrogen and oxygen atoms in total. The van der Waals surface area contributed by atoms with Crippen molar-refractivity contribution < 1.29 is 46.8 Å². The van der Waals surface area contributed by atoms with Gasteiger partial charge < -0.3 is 24.1 Å². The average Bonchev–Trinajstić information content (AvgIpc) is 3.26. The molecule has 12 heteroatoms. The predicted octanol–water partition coefficient (Wildman–Crippen LogP) is 7.32. The van der Waals surface area contributed by atoms with Crippen LogP contribution in [0, 0.1) is 11.3 Å². The highest BCUT2D eigenvalue weighted by Crippen LogP contribution is 2.51. The summed E-state index contributed by atoms with van der Waals surface area (Å²) in [5.74, 6) is -1.68. The molecule has 1 aromatic carbocycles. The lowest BCUT2D eigenvalue weighted by atomic mass is 9.73. The zero-order valence-electron chi connectivity index (χ0n) is 27.6. The first-order chi connectivity index (χ1) is 20.7. The van der Waals surface area contributed by atoms with Crippen molar-refractivity contribution in [3.63, 3.8) is 0 Å². The zero-order chi connectivity index (χ0) is 34.1. The van der Waals surface area contributed by atoms with Gasteiger partial charge in [0.1, 0.15) is 11.8 Å². The standard InChI is InChI=1S/C33H45F3N2O7/c1-18(2)44-28-22(12-11-15-37-28)25-27(43-17-20-16-21(31(4,5)6)13-14-23(20)42-10)24(32(7,8)9)26(29(39)40)38(25)30(41)45-19(3)33(34,35)36/h11-16,18-19,24-27H,17H2,1-10H3,(H,39,40)/t19?,24-,25+,26+,27+/m1/s1. The number of carbonyl (C=O) groups is 2. The van der Waals surface area contributed by atoms with Crippen LogP contribution in [0.25, 0.3) is 0 Å². The van der Waals surface area contributed by atoms with Crippen molar-refractivity contribution in [2.24, 2.45) is 11.3 Å². The normalized spacial score (nSPS) is 21.5. The fraction of sp³-hybridized carbons (Fsp3) is 0.606. The Balaban J connectivity index is 2.25. The van der Waals surface area contributed by atoms with E-state index in [0.29, 0.717) is 18.2 Å². The van der Waals surface area contributed by atoms with Gasteiger partial charge in [-0.05, 0) is 61.4 Å². The van der Waals surface area contributed by atoms with E-state index in [0.717, 1.165) is 10.5 Å². The van der Waals surface area contributed by atoms with E-state index in [4.69, 9.17) is 18.9 Å². The van der Waals surface area contributed by atoms with Gasteiger partial charge in [-0.3, -0.25) is 4.90 Å². The van der Waals surface area contributed by atoms with Gasteiger partial charge in [0.05, 0.1) is 32.0 Å². The summed E-state index contributed by atoms with van der Waals surface area (Å²) >= 11 is 0. The lowest BCUT2D eigenvalue weighted by Gasteiger charge is -2.35. The highest BCUT2D eigenvalue weighted by atomic mass is 19.4. The lowest BCUT2D eigenvalue weighted by molar-refractivity contribution is -0.200. The zero-order valence-corrected chi connectivity index (χ0v) is 27.6. The Labute approximate surface area is 263 Å². The molecule has 1 fully saturated rings. The maximum atomic E-state index is 13.7. The Hall–Kier alpha value is -3.54. The predicted molar refractivity (Wildman–Crippen MR) is 161 cm³/mol. The molecule has 1 N–H and O–H groups in total. The van der Waals surface area contributed by atoms with Crippen LogP contribution in [0.1, 0.15) is 85.0 Å². The molecule has 45 heavy (non-hydrogen) atoms. The van der Waals surface area contributed by atoms with Crippen molar-refractivity contribution in [1.82, 2.24) is 9.88 Å². The third kappa shape index (κ3) is 8.19. The van der Waals surface area contributed by atoms with Crippen LogP contribution in [0.3, 0.4) is 0 Å². The summed E-state index contributed by atoms with van der Waals surface area (Å²) in [6, 6.07) is 6.05. The topological polar surface area (TPSA) is 107 Å². The van der Waals surface area contributed by atoms with Crippen LogP contribution < -0.4 is 9.47 Å². The molecule has 0 aliphatic carbocycles. The Morgan fingerprint density at radius 1 is 1.04 bits per heavy atom. The summed E-state index contributed by atoms with van der Waals surface area (Å²) in [5, 5.41) is 10.6. The summed E-state index contributed by atoms with van der Waals surface area (Å²) in [6.45, 7) is 15.7. The highest BCUT2D eigenvalue weighted by molar-refractivity contribution is 5.82. The van der Waals surface area contributed by atoms with E-state index >= 15 is 0 Å². The first-order valence-electron chi connectivity index (χ1n) is 14.9. The van der Waals surface area contributed by atoms with E-state index in [1.807, 2.05) is 18.2 Å². The van der Waals surface area contributed by atoms with Gasteiger partial charge in [0.15, 0.2) is 6.10 Å². The van der Waals surface area contributed by atoms with Crippen molar-refractivity contribution in [3.8, 4) is 11.6 Å². The van der Waals surface area contributed by atoms with Gasteiger partial charge >= 0.3 is 18.2 Å². The molecule has 0 bridgehead atoms. The van der Waals surface area contributed by atoms with Gasteiger partial charge in [-0.25, -0.2) is 14.6 Å². The minimum atomic E-state index is -4.86. The fourth-order valence-corrected chi connectivity index (χ4v) is 5.64. The molecule has 1 amide bonds. The van der Waals surface area contributed by atoms with E-state index < -0.39 is 53.9 Å². The van der Waals surface area contributed by atoms with E-state index in [1.165, 1.54) is 13.3 Å². The van der Waals surface area contributed by atoms with Crippen LogP contribution in [-0.4, -0.2) is 64.7 Å². The SMILES string of the molecule is COc1ccc(C(C)(C)C)cc1CO[C@H]1[C@H](C(C)(C)C)[C@@H](C(=O)O)N(C(=O)OC(C)C(F)(F)F)[C@H]1c1cccnc1OC(C)C. The van der Waals surface area contributed by atoms with Crippen LogP contribution in [-0.2, 0) is 26.3 Å². The van der Waals surface area contributed by atoms with Gasteiger partial charge in [-0.1, -0.05) is 47.6 Å². The monoisotopic (exact) mass is 638 g/mol. The number of amides is 1. The molecule has 0 spiro atoms. The first kappa shape index (κ1) is 35.9. The average molecular weight is 639 g/mol. The Bertz CT molecular complexity index is 1350. The number of hydrogen-bond donors (Lipinski definition) is 1. The number of carboxylic acids is 1. The number of methoxy groups -OCH3 is 1. The molecule has 0 saturated carbocycles. The van der Waals surface area contributed by atoms with Crippen molar-refractivity contribution in [3.05, 3.63) is 53.2 Å². The fourth-order valence-electron chi connectivity index (χ4n) is 5.64. The van der Waals surface area contributed by atoms with Crippen LogP contribution >= 0.6 is 0 Å². The van der Waals surface area contributed by atoms with Crippen molar-refractivity contribution in [2.45, 2.75) is 111 Å². The maximum absolute atomic E-state index is 13.7. The lowest BCUT2D eigenvalue weighted by Crippen LogP contribution is -2.48. The van der Waals surface area contributed by atoms with Gasteiger partial charge in [-0.15, -0.1) is 0 Å². The Kier molecular flexibility index (Phi) is 10.7. The summed E-state index contributed by atoms with van der Waals surface area (Å²) in [7, 11) is 1.52. The third-order valence-corrected chi connectivity index (χ3v) is 7.85. The summed E-state index contributed by atoms with van der Waals surface area (Å²) in [6.07, 6.45) is -8.72. The molecule has 2 aromatic rings. The molecule has 1 unspecified atom stereocenters. The second-order valence-corrected chi connectivity index (χ2v) is 13.7. The van der Waals surface area contributed by atoms with Crippen LogP contribution in [0.5, 0.6) is 11.6 Å². The van der Waals surface area contributed by atoms with Gasteiger partial charge in [0.2, 0.25) is 5.88 Å². The number of halogens is 3. The Morgan fingerprint density at radius 2 is 1.69 bits per heavy atom. The molecule has 1 saturated heterocycles. The highest BCUT2D eigenvalue weighted by Gasteiger charge is 2.60. The minimum absolute atomic E-state index is 0.0460. The van der Waals surface area contributed by atoms with E-state index in [-0.39, 0.29) is 29.6 Å². The van der Waals surface area contributed by atoms with E-state index in [9.17, 15) is 27.9 Å². The molecule has 0 radical (unpaired) electrons. The molecule has 250 valence electrons. The number of hydrogen-bond acceptors (Lipinski definition) is 7. The van der Waals surface area contributed by atoms with Crippen molar-refractivity contribution >= 4 is 12.1 Å². The number of rotatable bonds is 9. The number of pyridine rings is 1. The van der Waals surface area contributed by atoms with Gasteiger partial charge in [0.25, 0.3) is 0 Å². The van der Waals surface area contributed by atoms with E-state index in [2.05, 4.69) is 25.8 Å². The number of aromatic nitrogens is 1. The molecular formula is C33H45F3N2O7. The quantitative estimate of drug-likeness (QED) is 0.305. The van der Waals surface area contributed by atoms with Crippen LogP contribution in [0.2, 0.25) is 0 Å². The number of alkyl halides is 3.